The summed E-state index contributed by atoms with van der Waals surface area (Å²) >= 11 is 3.46. The van der Waals surface area contributed by atoms with Crippen molar-refractivity contribution in [3.8, 4) is 10.6 Å². The number of nitrogens with two attached hydrogens (primary N) is 1. The van der Waals surface area contributed by atoms with Crippen molar-refractivity contribution in [3.63, 3.8) is 0 Å². The topological polar surface area (TPSA) is 51.8 Å². The van der Waals surface area contributed by atoms with Gasteiger partial charge >= 0.3 is 0 Å². The predicted molar refractivity (Wildman–Crippen MR) is 74.5 cm³/mol. The van der Waals surface area contributed by atoms with Crippen LogP contribution in [0.4, 0.5) is 0 Å². The van der Waals surface area contributed by atoms with Gasteiger partial charge in [0, 0.05) is 16.9 Å². The van der Waals surface area contributed by atoms with E-state index in [1.54, 1.807) is 11.3 Å². The highest BCUT2D eigenvalue weighted by molar-refractivity contribution is 7.99. The molecule has 0 atom stereocenters. The summed E-state index contributed by atoms with van der Waals surface area (Å²) in [4.78, 5) is 1.29. The first-order valence-corrected chi connectivity index (χ1v) is 7.39. The van der Waals surface area contributed by atoms with Crippen LogP contribution in [0.25, 0.3) is 10.6 Å². The molecular weight excluding hydrogens is 250 g/mol. The first-order chi connectivity index (χ1) is 8.33. The van der Waals surface area contributed by atoms with E-state index in [-0.39, 0.29) is 0 Å². The van der Waals surface area contributed by atoms with Crippen molar-refractivity contribution in [2.75, 3.05) is 12.3 Å². The first-order valence-electron chi connectivity index (χ1n) is 5.59. The zero-order valence-corrected chi connectivity index (χ0v) is 11.4. The molecule has 0 saturated heterocycles. The fourth-order valence-corrected chi connectivity index (χ4v) is 2.98. The monoisotopic (exact) mass is 265 g/mol. The lowest BCUT2D eigenvalue weighted by Crippen LogP contribution is -2.01. The Bertz CT molecular complexity index is 465. The van der Waals surface area contributed by atoms with Gasteiger partial charge in [0.15, 0.2) is 0 Å². The van der Waals surface area contributed by atoms with Crippen molar-refractivity contribution in [3.05, 3.63) is 29.3 Å². The summed E-state index contributed by atoms with van der Waals surface area (Å²) in [6.45, 7) is 2.78. The lowest BCUT2D eigenvalue weighted by molar-refractivity contribution is 0.913. The Kier molecular flexibility index (Phi) is 4.53. The summed E-state index contributed by atoms with van der Waals surface area (Å²) in [5.74, 6) is 1.10. The molecule has 0 unspecified atom stereocenters. The Morgan fingerprint density at radius 3 is 2.65 bits per heavy atom. The van der Waals surface area contributed by atoms with E-state index < -0.39 is 0 Å². The maximum atomic E-state index is 5.50. The van der Waals surface area contributed by atoms with Crippen LogP contribution in [-0.4, -0.2) is 22.5 Å². The highest BCUT2D eigenvalue weighted by Gasteiger charge is 2.05. The van der Waals surface area contributed by atoms with Crippen LogP contribution in [0.2, 0.25) is 0 Å². The fraction of sp³-hybridized carbons (Fsp3) is 0.333. The molecule has 5 heteroatoms. The van der Waals surface area contributed by atoms with Gasteiger partial charge in [0.2, 0.25) is 0 Å². The highest BCUT2D eigenvalue weighted by atomic mass is 32.2. The van der Waals surface area contributed by atoms with Crippen molar-refractivity contribution in [1.82, 2.24) is 10.2 Å². The van der Waals surface area contributed by atoms with Gasteiger partial charge < -0.3 is 5.73 Å². The number of nitrogens with zero attached hydrogens (tertiary/aromatic N) is 2. The highest BCUT2D eigenvalue weighted by Crippen LogP contribution is 2.26. The smallest absolute Gasteiger partial charge is 0.147 e. The Morgan fingerprint density at radius 1 is 1.24 bits per heavy atom. The van der Waals surface area contributed by atoms with Gasteiger partial charge in [-0.05, 0) is 24.4 Å². The van der Waals surface area contributed by atoms with Crippen LogP contribution in [0.5, 0.6) is 0 Å². The summed E-state index contributed by atoms with van der Waals surface area (Å²) in [5, 5.41) is 10.3. The molecule has 0 amide bonds. The fourth-order valence-electron chi connectivity index (χ4n) is 1.46. The van der Waals surface area contributed by atoms with Crippen LogP contribution in [0.15, 0.2) is 29.2 Å². The molecule has 0 bridgehead atoms. The molecular formula is C12H15N3S2. The quantitative estimate of drug-likeness (QED) is 0.845. The third kappa shape index (κ3) is 3.28. The van der Waals surface area contributed by atoms with Crippen molar-refractivity contribution < 1.29 is 0 Å². The molecule has 3 nitrogen and oxygen atoms in total. The zero-order valence-electron chi connectivity index (χ0n) is 9.72. The van der Waals surface area contributed by atoms with E-state index in [2.05, 4.69) is 41.4 Å². The molecule has 90 valence electrons. The second kappa shape index (κ2) is 6.14. The number of rotatable bonds is 5. The summed E-state index contributed by atoms with van der Waals surface area (Å²) in [6.07, 6.45) is 0.807. The normalized spacial score (nSPS) is 10.7. The number of thioether (sulfide) groups is 1. The average Bonchev–Trinajstić information content (AvgIpc) is 2.80. The van der Waals surface area contributed by atoms with Gasteiger partial charge in [0.05, 0.1) is 0 Å². The summed E-state index contributed by atoms with van der Waals surface area (Å²) in [5.41, 5.74) is 6.63. The number of benzene rings is 1. The van der Waals surface area contributed by atoms with E-state index in [1.165, 1.54) is 4.90 Å². The van der Waals surface area contributed by atoms with Crippen molar-refractivity contribution in [2.24, 2.45) is 5.73 Å². The maximum absolute atomic E-state index is 5.50. The second-order valence-electron chi connectivity index (χ2n) is 3.50. The van der Waals surface area contributed by atoms with E-state index >= 15 is 0 Å². The Morgan fingerprint density at radius 2 is 2.00 bits per heavy atom. The lowest BCUT2D eigenvalue weighted by Gasteiger charge is -1.99. The van der Waals surface area contributed by atoms with Gasteiger partial charge in [0.1, 0.15) is 10.0 Å². The molecule has 1 heterocycles. The van der Waals surface area contributed by atoms with E-state index in [4.69, 9.17) is 5.73 Å². The zero-order chi connectivity index (χ0) is 12.1. The molecule has 0 aliphatic heterocycles. The Hall–Kier alpha value is -0.910. The largest absolute Gasteiger partial charge is 0.330 e. The van der Waals surface area contributed by atoms with E-state index in [0.717, 1.165) is 27.8 Å². The van der Waals surface area contributed by atoms with Crippen LogP contribution in [0, 0.1) is 0 Å². The number of aromatic nitrogens is 2. The van der Waals surface area contributed by atoms with Crippen molar-refractivity contribution in [1.29, 1.82) is 0 Å². The van der Waals surface area contributed by atoms with Gasteiger partial charge in [0.25, 0.3) is 0 Å². The van der Waals surface area contributed by atoms with Crippen LogP contribution in [0.3, 0.4) is 0 Å². The predicted octanol–water partition coefficient (Wildman–Crippen LogP) is 2.82. The van der Waals surface area contributed by atoms with E-state index in [1.807, 2.05) is 11.8 Å². The molecule has 1 aromatic carbocycles. The number of hydrogen-bond acceptors (Lipinski definition) is 5. The van der Waals surface area contributed by atoms with E-state index in [9.17, 15) is 0 Å². The number of hydrogen-bond donors (Lipinski definition) is 1. The second-order valence-corrected chi connectivity index (χ2v) is 5.90. The lowest BCUT2D eigenvalue weighted by atomic mass is 10.2. The molecule has 17 heavy (non-hydrogen) atoms. The van der Waals surface area contributed by atoms with Crippen molar-refractivity contribution >= 4 is 23.1 Å². The molecule has 0 saturated carbocycles. The molecule has 0 aliphatic rings. The third-order valence-electron chi connectivity index (χ3n) is 2.24. The van der Waals surface area contributed by atoms with Gasteiger partial charge in [-0.1, -0.05) is 30.4 Å². The molecule has 0 aliphatic carbocycles. The summed E-state index contributed by atoms with van der Waals surface area (Å²) < 4.78 is 0. The molecule has 0 fully saturated rings. The molecule has 1 aromatic heterocycles. The molecule has 0 radical (unpaired) electrons. The van der Waals surface area contributed by atoms with Crippen LogP contribution in [-0.2, 0) is 6.42 Å². The molecule has 2 N–H and O–H groups in total. The maximum Gasteiger partial charge on any atom is 0.147 e. The van der Waals surface area contributed by atoms with Crippen LogP contribution < -0.4 is 5.73 Å². The first kappa shape index (κ1) is 12.5. The third-order valence-corrected chi connectivity index (χ3v) is 4.16. The van der Waals surface area contributed by atoms with Gasteiger partial charge in [-0.25, -0.2) is 0 Å². The van der Waals surface area contributed by atoms with Gasteiger partial charge in [-0.3, -0.25) is 0 Å². The molecule has 0 spiro atoms. The Labute approximate surface area is 109 Å². The molecule has 2 aromatic rings. The van der Waals surface area contributed by atoms with Gasteiger partial charge in [-0.2, -0.15) is 0 Å². The van der Waals surface area contributed by atoms with Gasteiger partial charge in [-0.15, -0.1) is 22.0 Å². The van der Waals surface area contributed by atoms with Crippen LogP contribution >= 0.6 is 23.1 Å². The summed E-state index contributed by atoms with van der Waals surface area (Å²) in [7, 11) is 0. The molecule has 2 rings (SSSR count). The van der Waals surface area contributed by atoms with E-state index in [0.29, 0.717) is 6.54 Å². The standard InChI is InChI=1S/C12H15N3S2/c1-2-16-10-5-3-9(4-6-10)12-15-14-11(17-12)7-8-13/h3-6H,2,7-8,13H2,1H3. The minimum absolute atomic E-state index is 0.626. The summed E-state index contributed by atoms with van der Waals surface area (Å²) in [6, 6.07) is 8.47. The SMILES string of the molecule is CCSc1ccc(-c2nnc(CCN)s2)cc1. The average molecular weight is 265 g/mol. The Balaban J connectivity index is 2.15. The minimum atomic E-state index is 0.626. The minimum Gasteiger partial charge on any atom is -0.330 e. The van der Waals surface area contributed by atoms with Crippen molar-refractivity contribution in [2.45, 2.75) is 18.2 Å². The van der Waals surface area contributed by atoms with Crippen LogP contribution in [0.1, 0.15) is 11.9 Å².